The molecule has 0 saturated heterocycles. The Labute approximate surface area is 75.9 Å². The van der Waals surface area contributed by atoms with Crippen LogP contribution in [0.25, 0.3) is 0 Å². The van der Waals surface area contributed by atoms with Gasteiger partial charge in [-0.1, -0.05) is 0 Å². The number of carbonyl (C=O) groups excluding carboxylic acids is 2. The van der Waals surface area contributed by atoms with Crippen LogP contribution in [-0.4, -0.2) is 22.3 Å². The van der Waals surface area contributed by atoms with Crippen molar-refractivity contribution in [1.29, 1.82) is 0 Å². The number of carbonyl (C=O) groups is 2. The van der Waals surface area contributed by atoms with Crippen molar-refractivity contribution >= 4 is 34.8 Å². The molecule has 0 atom stereocenters. The maximum Gasteiger partial charge on any atom is 0.161 e. The minimum Gasteiger partial charge on any atom is -0.298 e. The van der Waals surface area contributed by atoms with E-state index in [1.165, 1.54) is 13.8 Å². The molecule has 0 rings (SSSR count). The lowest BCUT2D eigenvalue weighted by Crippen LogP contribution is -2.38. The van der Waals surface area contributed by atoms with Gasteiger partial charge in [-0.15, -0.1) is 23.2 Å². The quantitative estimate of drug-likeness (QED) is 0.508. The van der Waals surface area contributed by atoms with Gasteiger partial charge in [0.05, 0.1) is 0 Å². The molecule has 0 fully saturated rings. The van der Waals surface area contributed by atoms with Crippen LogP contribution in [0.4, 0.5) is 0 Å². The fourth-order valence-corrected chi connectivity index (χ4v) is 1.20. The van der Waals surface area contributed by atoms with Crippen LogP contribution in [-0.2, 0) is 9.59 Å². The maximum atomic E-state index is 10.9. The summed E-state index contributed by atoms with van der Waals surface area (Å²) in [6.45, 7) is 2.59. The summed E-state index contributed by atoms with van der Waals surface area (Å²) >= 11 is 11.1. The van der Waals surface area contributed by atoms with Crippen molar-refractivity contribution in [2.45, 2.75) is 25.1 Å². The SMILES string of the molecule is CC(=O)C(Cl)(CCCl)C(C)=O. The summed E-state index contributed by atoms with van der Waals surface area (Å²) in [5, 5.41) is 0. The Kier molecular flexibility index (Phi) is 4.04. The van der Waals surface area contributed by atoms with Gasteiger partial charge in [-0.05, 0) is 20.3 Å². The van der Waals surface area contributed by atoms with E-state index in [9.17, 15) is 9.59 Å². The third kappa shape index (κ3) is 2.46. The second-order valence-corrected chi connectivity index (χ2v) is 3.38. The van der Waals surface area contributed by atoms with Gasteiger partial charge in [-0.3, -0.25) is 9.59 Å². The molecule has 64 valence electrons. The van der Waals surface area contributed by atoms with Gasteiger partial charge in [0.1, 0.15) is 0 Å². The highest BCUT2D eigenvalue weighted by molar-refractivity contribution is 6.46. The van der Waals surface area contributed by atoms with Gasteiger partial charge in [-0.25, -0.2) is 0 Å². The Hall–Kier alpha value is -0.0800. The zero-order valence-electron chi connectivity index (χ0n) is 6.49. The first-order chi connectivity index (χ1) is 4.95. The number of hydrogen-bond donors (Lipinski definition) is 0. The van der Waals surface area contributed by atoms with Crippen LogP contribution in [0.5, 0.6) is 0 Å². The number of hydrogen-bond acceptors (Lipinski definition) is 2. The second kappa shape index (κ2) is 4.07. The van der Waals surface area contributed by atoms with E-state index in [0.717, 1.165) is 0 Å². The molecule has 0 aliphatic carbocycles. The van der Waals surface area contributed by atoms with Crippen LogP contribution in [0.3, 0.4) is 0 Å². The molecule has 0 bridgehead atoms. The van der Waals surface area contributed by atoms with E-state index in [-0.39, 0.29) is 23.9 Å². The van der Waals surface area contributed by atoms with Crippen LogP contribution in [0.2, 0.25) is 0 Å². The molecule has 0 amide bonds. The minimum atomic E-state index is -1.39. The lowest BCUT2D eigenvalue weighted by Gasteiger charge is -2.18. The van der Waals surface area contributed by atoms with Gasteiger partial charge in [-0.2, -0.15) is 0 Å². The minimum absolute atomic E-state index is 0.195. The standard InChI is InChI=1S/C7H10Cl2O2/c1-5(10)7(9,3-4-8)6(2)11/h3-4H2,1-2H3. The van der Waals surface area contributed by atoms with E-state index < -0.39 is 4.87 Å². The number of alkyl halides is 2. The van der Waals surface area contributed by atoms with E-state index in [4.69, 9.17) is 23.2 Å². The van der Waals surface area contributed by atoms with Crippen molar-refractivity contribution in [3.05, 3.63) is 0 Å². The highest BCUT2D eigenvalue weighted by Crippen LogP contribution is 2.22. The number of rotatable bonds is 4. The molecular weight excluding hydrogens is 187 g/mol. The number of ketones is 2. The van der Waals surface area contributed by atoms with Crippen LogP contribution < -0.4 is 0 Å². The fourth-order valence-electron chi connectivity index (χ4n) is 0.730. The van der Waals surface area contributed by atoms with Gasteiger partial charge in [0, 0.05) is 5.88 Å². The molecule has 4 heteroatoms. The highest BCUT2D eigenvalue weighted by Gasteiger charge is 2.37. The monoisotopic (exact) mass is 196 g/mol. The molecule has 0 N–H and O–H groups in total. The van der Waals surface area contributed by atoms with Crippen molar-refractivity contribution < 1.29 is 9.59 Å². The molecule has 2 nitrogen and oxygen atoms in total. The zero-order chi connectivity index (χ0) is 9.07. The Morgan fingerprint density at radius 3 is 1.73 bits per heavy atom. The van der Waals surface area contributed by atoms with Crippen molar-refractivity contribution in [1.82, 2.24) is 0 Å². The summed E-state index contributed by atoms with van der Waals surface area (Å²) in [4.78, 5) is 20.4. The van der Waals surface area contributed by atoms with Crippen molar-refractivity contribution in [3.8, 4) is 0 Å². The number of halogens is 2. The Morgan fingerprint density at radius 2 is 1.64 bits per heavy atom. The summed E-state index contributed by atoms with van der Waals surface area (Å²) in [7, 11) is 0. The molecule has 0 heterocycles. The van der Waals surface area contributed by atoms with Crippen molar-refractivity contribution in [3.63, 3.8) is 0 Å². The first-order valence-corrected chi connectivity index (χ1v) is 4.13. The summed E-state index contributed by atoms with van der Waals surface area (Å²) in [6.07, 6.45) is 0.195. The predicted octanol–water partition coefficient (Wildman–Crippen LogP) is 1.77. The lowest BCUT2D eigenvalue weighted by molar-refractivity contribution is -0.128. The molecule has 0 aromatic rings. The second-order valence-electron chi connectivity index (χ2n) is 2.35. The summed E-state index contributed by atoms with van der Waals surface area (Å²) in [6, 6.07) is 0. The first kappa shape index (κ1) is 10.9. The van der Waals surface area contributed by atoms with Crippen LogP contribution in [0.1, 0.15) is 20.3 Å². The van der Waals surface area contributed by atoms with E-state index in [2.05, 4.69) is 0 Å². The molecule has 0 spiro atoms. The topological polar surface area (TPSA) is 34.1 Å². The zero-order valence-corrected chi connectivity index (χ0v) is 8.00. The van der Waals surface area contributed by atoms with Crippen LogP contribution in [0, 0.1) is 0 Å². The molecule has 0 radical (unpaired) electrons. The Morgan fingerprint density at radius 1 is 1.27 bits per heavy atom. The average Bonchev–Trinajstić information content (AvgIpc) is 1.87. The van der Waals surface area contributed by atoms with E-state index >= 15 is 0 Å². The molecule has 0 aliphatic heterocycles. The van der Waals surface area contributed by atoms with Gasteiger partial charge >= 0.3 is 0 Å². The van der Waals surface area contributed by atoms with E-state index in [1.807, 2.05) is 0 Å². The van der Waals surface area contributed by atoms with Gasteiger partial charge in [0.25, 0.3) is 0 Å². The molecule has 0 aromatic heterocycles. The fraction of sp³-hybridized carbons (Fsp3) is 0.714. The first-order valence-electron chi connectivity index (χ1n) is 3.22. The molecule has 0 saturated carbocycles. The third-order valence-corrected chi connectivity index (χ3v) is 2.47. The van der Waals surface area contributed by atoms with Crippen LogP contribution in [0.15, 0.2) is 0 Å². The highest BCUT2D eigenvalue weighted by atomic mass is 35.5. The average molecular weight is 197 g/mol. The molecule has 0 aromatic carbocycles. The normalized spacial score (nSPS) is 11.3. The van der Waals surface area contributed by atoms with Crippen LogP contribution >= 0.6 is 23.2 Å². The summed E-state index contributed by atoms with van der Waals surface area (Å²) < 4.78 is 0. The largest absolute Gasteiger partial charge is 0.298 e. The van der Waals surface area contributed by atoms with Crippen molar-refractivity contribution in [2.75, 3.05) is 5.88 Å². The van der Waals surface area contributed by atoms with Gasteiger partial charge in [0.15, 0.2) is 16.4 Å². The number of Topliss-reactive ketones (excluding diaryl/α,β-unsaturated/α-hetero) is 2. The maximum absolute atomic E-state index is 10.9. The Balaban J connectivity index is 4.52. The van der Waals surface area contributed by atoms with E-state index in [1.54, 1.807) is 0 Å². The molecule has 0 aliphatic rings. The lowest BCUT2D eigenvalue weighted by atomic mass is 9.97. The summed E-state index contributed by atoms with van der Waals surface area (Å²) in [5.74, 6) is -0.470. The molecular formula is C7H10Cl2O2. The molecule has 0 unspecified atom stereocenters. The van der Waals surface area contributed by atoms with E-state index in [0.29, 0.717) is 0 Å². The predicted molar refractivity (Wildman–Crippen MR) is 45.3 cm³/mol. The van der Waals surface area contributed by atoms with Crippen molar-refractivity contribution in [2.24, 2.45) is 0 Å². The smallest absolute Gasteiger partial charge is 0.161 e. The van der Waals surface area contributed by atoms with Gasteiger partial charge < -0.3 is 0 Å². The molecule has 11 heavy (non-hydrogen) atoms. The van der Waals surface area contributed by atoms with Gasteiger partial charge in [0.2, 0.25) is 0 Å². The Bertz CT molecular complexity index is 163. The third-order valence-electron chi connectivity index (χ3n) is 1.56. The summed E-state index contributed by atoms with van der Waals surface area (Å²) in [5.41, 5.74) is 0.